The van der Waals surface area contributed by atoms with Crippen LogP contribution in [-0.4, -0.2) is 6.09 Å². The molecule has 0 aliphatic heterocycles. The standard InChI is InChI=1S/C22H26N2O2S/c1-4-22(2,3)16-10-11-17-18(13-23)20(27-19(17)12-16)24-21(25)26-14-15-8-6-5-7-9-15/h5-9,16H,4,10-12,14H2,1-3H3,(H,24,25). The molecule has 27 heavy (non-hydrogen) atoms. The van der Waals surface area contributed by atoms with Crippen LogP contribution in [0.2, 0.25) is 0 Å². The number of anilines is 1. The quantitative estimate of drug-likeness (QED) is 0.699. The van der Waals surface area contributed by atoms with Crippen LogP contribution >= 0.6 is 11.3 Å². The average molecular weight is 383 g/mol. The molecule has 1 aromatic heterocycles. The number of amides is 1. The summed E-state index contributed by atoms with van der Waals surface area (Å²) in [6.45, 7) is 7.09. The molecule has 1 unspecified atom stereocenters. The minimum Gasteiger partial charge on any atom is -0.444 e. The van der Waals surface area contributed by atoms with Crippen molar-refractivity contribution in [3.63, 3.8) is 0 Å². The van der Waals surface area contributed by atoms with Crippen LogP contribution in [0.4, 0.5) is 9.80 Å². The van der Waals surface area contributed by atoms with E-state index in [2.05, 4.69) is 32.2 Å². The topological polar surface area (TPSA) is 62.1 Å². The first-order valence-electron chi connectivity index (χ1n) is 9.47. The molecule has 1 heterocycles. The molecule has 0 saturated carbocycles. The second-order valence-electron chi connectivity index (χ2n) is 7.79. The smallest absolute Gasteiger partial charge is 0.412 e. The predicted molar refractivity (Wildman–Crippen MR) is 109 cm³/mol. The van der Waals surface area contributed by atoms with Gasteiger partial charge in [0.15, 0.2) is 0 Å². The molecule has 142 valence electrons. The number of carbonyl (C=O) groups is 1. The molecule has 3 rings (SSSR count). The summed E-state index contributed by atoms with van der Waals surface area (Å²) in [5, 5.41) is 13.0. The first kappa shape index (κ1) is 19.4. The number of rotatable bonds is 5. The van der Waals surface area contributed by atoms with Crippen LogP contribution in [0.5, 0.6) is 0 Å². The van der Waals surface area contributed by atoms with Gasteiger partial charge in [-0.2, -0.15) is 5.26 Å². The van der Waals surface area contributed by atoms with Gasteiger partial charge in [-0.15, -0.1) is 11.3 Å². The molecule has 0 saturated heterocycles. The Morgan fingerprint density at radius 1 is 1.37 bits per heavy atom. The summed E-state index contributed by atoms with van der Waals surface area (Å²) in [6.07, 6.45) is 3.61. The summed E-state index contributed by atoms with van der Waals surface area (Å²) in [6, 6.07) is 11.9. The van der Waals surface area contributed by atoms with E-state index in [9.17, 15) is 10.1 Å². The van der Waals surface area contributed by atoms with Gasteiger partial charge < -0.3 is 4.74 Å². The van der Waals surface area contributed by atoms with E-state index in [1.807, 2.05) is 30.3 Å². The zero-order chi connectivity index (χ0) is 19.4. The van der Waals surface area contributed by atoms with Crippen LogP contribution in [0.25, 0.3) is 0 Å². The second-order valence-corrected chi connectivity index (χ2v) is 8.89. The van der Waals surface area contributed by atoms with Crippen LogP contribution in [0.3, 0.4) is 0 Å². The van der Waals surface area contributed by atoms with Crippen molar-refractivity contribution < 1.29 is 9.53 Å². The highest BCUT2D eigenvalue weighted by Gasteiger charge is 2.34. The summed E-state index contributed by atoms with van der Waals surface area (Å²) in [5.41, 5.74) is 2.95. The van der Waals surface area contributed by atoms with E-state index in [0.717, 1.165) is 36.8 Å². The van der Waals surface area contributed by atoms with Crippen LogP contribution < -0.4 is 5.32 Å². The Bertz CT molecular complexity index is 849. The van der Waals surface area contributed by atoms with Crippen molar-refractivity contribution in [2.45, 2.75) is 53.1 Å². The van der Waals surface area contributed by atoms with E-state index in [1.54, 1.807) is 0 Å². The fourth-order valence-corrected chi connectivity index (χ4v) is 4.86. The number of nitrogens with zero attached hydrogens (tertiary/aromatic N) is 1. The molecule has 0 bridgehead atoms. The maximum atomic E-state index is 12.2. The van der Waals surface area contributed by atoms with Gasteiger partial charge in [-0.25, -0.2) is 4.79 Å². The lowest BCUT2D eigenvalue weighted by Gasteiger charge is -2.36. The lowest BCUT2D eigenvalue weighted by atomic mass is 9.69. The second kappa shape index (κ2) is 8.14. The maximum absolute atomic E-state index is 12.2. The molecule has 1 aliphatic rings. The maximum Gasteiger partial charge on any atom is 0.412 e. The van der Waals surface area contributed by atoms with Gasteiger partial charge in [-0.05, 0) is 41.7 Å². The Labute approximate surface area is 165 Å². The Hall–Kier alpha value is -2.32. The highest BCUT2D eigenvalue weighted by atomic mass is 32.1. The zero-order valence-electron chi connectivity index (χ0n) is 16.2. The van der Waals surface area contributed by atoms with Crippen molar-refractivity contribution >= 4 is 22.4 Å². The molecular formula is C22H26N2O2S. The van der Waals surface area contributed by atoms with Crippen molar-refractivity contribution in [3.05, 3.63) is 51.9 Å². The van der Waals surface area contributed by atoms with Gasteiger partial charge in [0, 0.05) is 4.88 Å². The van der Waals surface area contributed by atoms with Gasteiger partial charge in [-0.1, -0.05) is 57.5 Å². The SMILES string of the molecule is CCC(C)(C)C1CCc2c(sc(NC(=O)OCc3ccccc3)c2C#N)C1. The Balaban J connectivity index is 1.70. The highest BCUT2D eigenvalue weighted by Crippen LogP contribution is 2.45. The van der Waals surface area contributed by atoms with E-state index < -0.39 is 6.09 Å². The van der Waals surface area contributed by atoms with Gasteiger partial charge in [0.2, 0.25) is 0 Å². The Kier molecular flexibility index (Phi) is 5.86. The number of ether oxygens (including phenoxy) is 1. The number of hydrogen-bond acceptors (Lipinski definition) is 4. The van der Waals surface area contributed by atoms with E-state index >= 15 is 0 Å². The molecule has 0 radical (unpaired) electrons. The molecule has 1 amide bonds. The van der Waals surface area contributed by atoms with Gasteiger partial charge in [-0.3, -0.25) is 5.32 Å². The zero-order valence-corrected chi connectivity index (χ0v) is 17.0. The number of carbonyl (C=O) groups excluding carboxylic acids is 1. The molecule has 0 spiro atoms. The summed E-state index contributed by atoms with van der Waals surface area (Å²) in [5.74, 6) is 0.609. The third kappa shape index (κ3) is 4.33. The monoisotopic (exact) mass is 382 g/mol. The largest absolute Gasteiger partial charge is 0.444 e. The summed E-state index contributed by atoms with van der Waals surface area (Å²) >= 11 is 1.53. The number of thiophene rings is 1. The van der Waals surface area contributed by atoms with Crippen LogP contribution in [0, 0.1) is 22.7 Å². The lowest BCUT2D eigenvalue weighted by molar-refractivity contribution is 0.155. The number of nitrogens with one attached hydrogen (secondary N) is 1. The Morgan fingerprint density at radius 2 is 2.11 bits per heavy atom. The minimum atomic E-state index is -0.514. The fourth-order valence-electron chi connectivity index (χ4n) is 3.60. The van der Waals surface area contributed by atoms with Gasteiger partial charge >= 0.3 is 6.09 Å². The number of nitriles is 1. The van der Waals surface area contributed by atoms with Crippen molar-refractivity contribution in [1.82, 2.24) is 0 Å². The average Bonchev–Trinajstić information content (AvgIpc) is 3.03. The van der Waals surface area contributed by atoms with Crippen molar-refractivity contribution in [2.24, 2.45) is 11.3 Å². The summed E-state index contributed by atoms with van der Waals surface area (Å²) in [7, 11) is 0. The lowest BCUT2D eigenvalue weighted by Crippen LogP contribution is -2.28. The van der Waals surface area contributed by atoms with Crippen molar-refractivity contribution in [2.75, 3.05) is 5.32 Å². The highest BCUT2D eigenvalue weighted by molar-refractivity contribution is 7.16. The van der Waals surface area contributed by atoms with Crippen molar-refractivity contribution in [3.8, 4) is 6.07 Å². The van der Waals surface area contributed by atoms with E-state index in [-0.39, 0.29) is 12.0 Å². The molecule has 2 aromatic rings. The van der Waals surface area contributed by atoms with E-state index in [1.165, 1.54) is 16.2 Å². The number of hydrogen-bond donors (Lipinski definition) is 1. The number of fused-ring (bicyclic) bond motifs is 1. The third-order valence-electron chi connectivity index (χ3n) is 5.82. The van der Waals surface area contributed by atoms with E-state index in [0.29, 0.717) is 16.5 Å². The predicted octanol–water partition coefficient (Wildman–Crippen LogP) is 5.91. The van der Waals surface area contributed by atoms with Gasteiger partial charge in [0.1, 0.15) is 17.7 Å². The molecule has 1 N–H and O–H groups in total. The van der Waals surface area contributed by atoms with E-state index in [4.69, 9.17) is 4.74 Å². The molecule has 4 nitrogen and oxygen atoms in total. The summed E-state index contributed by atoms with van der Waals surface area (Å²) in [4.78, 5) is 13.4. The van der Waals surface area contributed by atoms with Crippen LogP contribution in [0.15, 0.2) is 30.3 Å². The first-order valence-corrected chi connectivity index (χ1v) is 10.3. The van der Waals surface area contributed by atoms with Crippen LogP contribution in [-0.2, 0) is 24.2 Å². The van der Waals surface area contributed by atoms with Gasteiger partial charge in [0.05, 0.1) is 5.56 Å². The molecule has 5 heteroatoms. The van der Waals surface area contributed by atoms with Gasteiger partial charge in [0.25, 0.3) is 0 Å². The third-order valence-corrected chi connectivity index (χ3v) is 6.99. The van der Waals surface area contributed by atoms with Crippen LogP contribution in [0.1, 0.15) is 55.2 Å². The molecule has 1 aromatic carbocycles. The normalized spacial score (nSPS) is 16.3. The molecular weight excluding hydrogens is 356 g/mol. The summed E-state index contributed by atoms with van der Waals surface area (Å²) < 4.78 is 5.30. The first-order chi connectivity index (χ1) is 12.9. The Morgan fingerprint density at radius 3 is 2.78 bits per heavy atom. The minimum absolute atomic E-state index is 0.215. The molecule has 1 atom stereocenters. The fraction of sp³-hybridized carbons (Fsp3) is 0.455. The number of benzene rings is 1. The molecule has 0 fully saturated rings. The van der Waals surface area contributed by atoms with Crippen molar-refractivity contribution in [1.29, 1.82) is 5.26 Å². The molecule has 1 aliphatic carbocycles.